The summed E-state index contributed by atoms with van der Waals surface area (Å²) in [4.78, 5) is 0.930. The van der Waals surface area contributed by atoms with Crippen LogP contribution in [0, 0.1) is 5.82 Å². The smallest absolute Gasteiger partial charge is 0.130 e. The summed E-state index contributed by atoms with van der Waals surface area (Å²) in [6, 6.07) is 11.7. The molecule has 18 heavy (non-hydrogen) atoms. The van der Waals surface area contributed by atoms with E-state index in [1.807, 2.05) is 24.5 Å². The van der Waals surface area contributed by atoms with Crippen LogP contribution in [0.4, 0.5) is 4.39 Å². The fraction of sp³-hybridized carbons (Fsp3) is 0.143. The van der Waals surface area contributed by atoms with Gasteiger partial charge < -0.3 is 5.11 Å². The predicted molar refractivity (Wildman–Crippen MR) is 73.7 cm³/mol. The summed E-state index contributed by atoms with van der Waals surface area (Å²) in [5, 5.41) is 10.6. The molecule has 1 unspecified atom stereocenters. The highest BCUT2D eigenvalue weighted by Gasteiger charge is 2.17. The number of aliphatic hydroxyl groups excluding tert-OH is 1. The normalized spacial score (nSPS) is 12.4. The Kier molecular flexibility index (Phi) is 4.27. The first-order valence-corrected chi connectivity index (χ1v) is 6.99. The summed E-state index contributed by atoms with van der Waals surface area (Å²) >= 11 is 7.22. The zero-order chi connectivity index (χ0) is 13.1. The first-order chi connectivity index (χ1) is 8.63. The lowest BCUT2D eigenvalue weighted by Gasteiger charge is -2.15. The lowest BCUT2D eigenvalue weighted by Crippen LogP contribution is -2.03. The molecule has 0 radical (unpaired) electrons. The number of thioether (sulfide) groups is 1. The van der Waals surface area contributed by atoms with Crippen LogP contribution in [-0.2, 0) is 0 Å². The van der Waals surface area contributed by atoms with Crippen LogP contribution >= 0.6 is 23.4 Å². The van der Waals surface area contributed by atoms with Gasteiger partial charge in [-0.15, -0.1) is 11.8 Å². The average Bonchev–Trinajstić information content (AvgIpc) is 2.38. The van der Waals surface area contributed by atoms with Crippen molar-refractivity contribution in [3.8, 4) is 0 Å². The van der Waals surface area contributed by atoms with Crippen molar-refractivity contribution in [2.75, 3.05) is 6.26 Å². The predicted octanol–water partition coefficient (Wildman–Crippen LogP) is 4.28. The van der Waals surface area contributed by atoms with Crippen molar-refractivity contribution in [2.24, 2.45) is 0 Å². The molecule has 0 saturated carbocycles. The molecular formula is C14H12ClFOS. The molecule has 0 aliphatic heterocycles. The van der Waals surface area contributed by atoms with Crippen molar-refractivity contribution in [2.45, 2.75) is 11.0 Å². The van der Waals surface area contributed by atoms with E-state index in [0.29, 0.717) is 10.6 Å². The van der Waals surface area contributed by atoms with E-state index >= 15 is 0 Å². The van der Waals surface area contributed by atoms with Crippen molar-refractivity contribution in [1.29, 1.82) is 0 Å². The molecule has 0 aromatic heterocycles. The van der Waals surface area contributed by atoms with Gasteiger partial charge in [-0.25, -0.2) is 4.39 Å². The van der Waals surface area contributed by atoms with Crippen LogP contribution in [0.3, 0.4) is 0 Å². The molecule has 2 aromatic rings. The van der Waals surface area contributed by atoms with Crippen molar-refractivity contribution in [3.63, 3.8) is 0 Å². The van der Waals surface area contributed by atoms with Crippen LogP contribution in [0.5, 0.6) is 0 Å². The zero-order valence-electron chi connectivity index (χ0n) is 9.73. The third kappa shape index (κ3) is 2.69. The van der Waals surface area contributed by atoms with Gasteiger partial charge in [-0.05, 0) is 30.0 Å². The molecule has 0 aliphatic rings. The highest BCUT2D eigenvalue weighted by molar-refractivity contribution is 7.98. The topological polar surface area (TPSA) is 20.2 Å². The molecule has 0 heterocycles. The van der Waals surface area contributed by atoms with Crippen LogP contribution in [0.2, 0.25) is 5.02 Å². The molecule has 1 N–H and O–H groups in total. The van der Waals surface area contributed by atoms with Gasteiger partial charge in [-0.3, -0.25) is 0 Å². The van der Waals surface area contributed by atoms with Crippen LogP contribution in [0.1, 0.15) is 17.2 Å². The van der Waals surface area contributed by atoms with Gasteiger partial charge >= 0.3 is 0 Å². The second-order valence-corrected chi connectivity index (χ2v) is 5.09. The molecule has 0 saturated heterocycles. The Hall–Kier alpha value is -1.03. The molecule has 4 heteroatoms. The first-order valence-electron chi connectivity index (χ1n) is 5.39. The minimum atomic E-state index is -0.981. The Morgan fingerprint density at radius 2 is 1.89 bits per heavy atom. The molecule has 0 bridgehead atoms. The molecule has 0 fully saturated rings. The number of halogens is 2. The van der Waals surface area contributed by atoms with Crippen molar-refractivity contribution in [3.05, 3.63) is 64.4 Å². The van der Waals surface area contributed by atoms with Crippen molar-refractivity contribution in [1.82, 2.24) is 0 Å². The third-order valence-corrected chi connectivity index (χ3v) is 3.74. The number of aliphatic hydroxyl groups is 1. The van der Waals surface area contributed by atoms with E-state index in [1.54, 1.807) is 12.1 Å². The summed E-state index contributed by atoms with van der Waals surface area (Å²) in [5.74, 6) is -0.495. The van der Waals surface area contributed by atoms with E-state index in [2.05, 4.69) is 0 Å². The van der Waals surface area contributed by atoms with Gasteiger partial charge in [0.1, 0.15) is 11.9 Å². The Bertz CT molecular complexity index is 559. The van der Waals surface area contributed by atoms with Crippen molar-refractivity contribution < 1.29 is 9.50 Å². The molecular weight excluding hydrogens is 271 g/mol. The quantitative estimate of drug-likeness (QED) is 0.848. The van der Waals surface area contributed by atoms with Gasteiger partial charge in [-0.1, -0.05) is 35.9 Å². The lowest BCUT2D eigenvalue weighted by molar-refractivity contribution is 0.212. The largest absolute Gasteiger partial charge is 0.384 e. The Morgan fingerprint density at radius 1 is 1.17 bits per heavy atom. The van der Waals surface area contributed by atoms with E-state index in [-0.39, 0.29) is 5.56 Å². The highest BCUT2D eigenvalue weighted by atomic mass is 35.5. The zero-order valence-corrected chi connectivity index (χ0v) is 11.3. The summed E-state index contributed by atoms with van der Waals surface area (Å²) in [6.07, 6.45) is 0.940. The number of hydrogen-bond donors (Lipinski definition) is 1. The number of benzene rings is 2. The van der Waals surface area contributed by atoms with E-state index in [9.17, 15) is 9.50 Å². The molecule has 1 atom stereocenters. The minimum absolute atomic E-state index is 0.237. The highest BCUT2D eigenvalue weighted by Crippen LogP contribution is 2.31. The van der Waals surface area contributed by atoms with Gasteiger partial charge in [0.15, 0.2) is 0 Å². The summed E-state index contributed by atoms with van der Waals surface area (Å²) in [7, 11) is 0. The maximum absolute atomic E-state index is 13.8. The van der Waals surface area contributed by atoms with Gasteiger partial charge in [0.05, 0.1) is 0 Å². The van der Waals surface area contributed by atoms with Crippen LogP contribution in [0.15, 0.2) is 47.4 Å². The van der Waals surface area contributed by atoms with Gasteiger partial charge in [0.25, 0.3) is 0 Å². The van der Waals surface area contributed by atoms with Gasteiger partial charge in [0.2, 0.25) is 0 Å². The lowest BCUT2D eigenvalue weighted by atomic mass is 10.0. The molecule has 2 rings (SSSR count). The Labute approximate surface area is 115 Å². The number of rotatable bonds is 3. The second kappa shape index (κ2) is 5.74. The maximum Gasteiger partial charge on any atom is 0.130 e. The van der Waals surface area contributed by atoms with Gasteiger partial charge in [0, 0.05) is 15.5 Å². The van der Waals surface area contributed by atoms with E-state index in [0.717, 1.165) is 4.90 Å². The molecule has 2 aromatic carbocycles. The molecule has 1 nitrogen and oxygen atoms in total. The van der Waals surface area contributed by atoms with Gasteiger partial charge in [-0.2, -0.15) is 0 Å². The molecule has 94 valence electrons. The summed E-state index contributed by atoms with van der Waals surface area (Å²) in [6.45, 7) is 0. The van der Waals surface area contributed by atoms with Crippen LogP contribution in [0.25, 0.3) is 0 Å². The van der Waals surface area contributed by atoms with Crippen LogP contribution in [-0.4, -0.2) is 11.4 Å². The second-order valence-electron chi connectivity index (χ2n) is 3.81. The van der Waals surface area contributed by atoms with E-state index in [1.165, 1.54) is 23.9 Å². The van der Waals surface area contributed by atoms with Crippen LogP contribution < -0.4 is 0 Å². The van der Waals surface area contributed by atoms with Crippen molar-refractivity contribution >= 4 is 23.4 Å². The molecule has 0 aliphatic carbocycles. The fourth-order valence-electron chi connectivity index (χ4n) is 1.78. The monoisotopic (exact) mass is 282 g/mol. The summed E-state index contributed by atoms with van der Waals surface area (Å²) in [5.41, 5.74) is 0.937. The van der Waals surface area contributed by atoms with E-state index in [4.69, 9.17) is 11.6 Å². The Morgan fingerprint density at radius 3 is 2.56 bits per heavy atom. The van der Waals surface area contributed by atoms with E-state index < -0.39 is 11.9 Å². The number of hydrogen-bond acceptors (Lipinski definition) is 2. The molecule has 0 amide bonds. The maximum atomic E-state index is 13.8. The SMILES string of the molecule is CSc1ccccc1C(O)c1ccc(Cl)cc1F. The third-order valence-electron chi connectivity index (χ3n) is 2.69. The summed E-state index contributed by atoms with van der Waals surface area (Å²) < 4.78 is 13.8. The fourth-order valence-corrected chi connectivity index (χ4v) is 2.57. The first kappa shape index (κ1) is 13.4. The standard InChI is InChI=1S/C14H12ClFOS/c1-18-13-5-3-2-4-11(13)14(17)10-7-6-9(15)8-12(10)16/h2-8,14,17H,1H3. The minimum Gasteiger partial charge on any atom is -0.384 e. The Balaban J connectivity index is 2.44. The average molecular weight is 283 g/mol. The molecule has 0 spiro atoms.